The first kappa shape index (κ1) is 14.3. The number of hydrogen-bond donors (Lipinski definition) is 1. The van der Waals surface area contributed by atoms with Crippen LogP contribution in [-0.2, 0) is 5.60 Å². The van der Waals surface area contributed by atoms with E-state index in [4.69, 9.17) is 23.2 Å². The molecule has 0 aliphatic carbocycles. The quantitative estimate of drug-likeness (QED) is 0.865. The Bertz CT molecular complexity index is 600. The summed E-state index contributed by atoms with van der Waals surface area (Å²) in [5.74, 6) is -0.470. The van der Waals surface area contributed by atoms with E-state index in [0.29, 0.717) is 10.6 Å². The van der Waals surface area contributed by atoms with Gasteiger partial charge in [0.05, 0.1) is 10.0 Å². The van der Waals surface area contributed by atoms with Crippen molar-refractivity contribution in [1.82, 2.24) is 0 Å². The lowest BCUT2D eigenvalue weighted by molar-refractivity contribution is 0.0727. The zero-order valence-corrected chi connectivity index (χ0v) is 11.8. The molecule has 0 aliphatic heterocycles. The minimum Gasteiger partial charge on any atom is -0.380 e. The SMILES string of the molecule is CCC(O)(c1ccccc1F)c1cccc(Cl)c1Cl. The normalized spacial score (nSPS) is 14.2. The van der Waals surface area contributed by atoms with Crippen molar-refractivity contribution < 1.29 is 9.50 Å². The molecule has 0 fully saturated rings. The van der Waals surface area contributed by atoms with Crippen molar-refractivity contribution in [3.05, 3.63) is 69.5 Å². The Morgan fingerprint density at radius 1 is 1.05 bits per heavy atom. The molecule has 0 amide bonds. The molecule has 4 heteroatoms. The maximum absolute atomic E-state index is 14.0. The van der Waals surface area contributed by atoms with Crippen molar-refractivity contribution in [3.63, 3.8) is 0 Å². The molecule has 0 aromatic heterocycles. The predicted octanol–water partition coefficient (Wildman–Crippen LogP) is 4.78. The van der Waals surface area contributed by atoms with Gasteiger partial charge in [-0.05, 0) is 18.6 Å². The van der Waals surface area contributed by atoms with E-state index in [1.807, 2.05) is 0 Å². The van der Waals surface area contributed by atoms with E-state index in [1.165, 1.54) is 6.07 Å². The number of hydrogen-bond acceptors (Lipinski definition) is 1. The van der Waals surface area contributed by atoms with Gasteiger partial charge < -0.3 is 5.11 Å². The van der Waals surface area contributed by atoms with Crippen LogP contribution in [0.5, 0.6) is 0 Å². The lowest BCUT2D eigenvalue weighted by Crippen LogP contribution is -2.28. The van der Waals surface area contributed by atoms with E-state index in [0.717, 1.165) is 0 Å². The van der Waals surface area contributed by atoms with Gasteiger partial charge in [0.15, 0.2) is 0 Å². The third-order valence-corrected chi connectivity index (χ3v) is 4.05. The average Bonchev–Trinajstić information content (AvgIpc) is 2.41. The van der Waals surface area contributed by atoms with Crippen LogP contribution in [0.3, 0.4) is 0 Å². The van der Waals surface area contributed by atoms with Crippen molar-refractivity contribution in [2.75, 3.05) is 0 Å². The molecule has 19 heavy (non-hydrogen) atoms. The smallest absolute Gasteiger partial charge is 0.129 e. The molecule has 1 unspecified atom stereocenters. The molecule has 1 atom stereocenters. The molecular formula is C15H13Cl2FO. The molecule has 1 nitrogen and oxygen atoms in total. The van der Waals surface area contributed by atoms with E-state index >= 15 is 0 Å². The summed E-state index contributed by atoms with van der Waals surface area (Å²) in [5.41, 5.74) is -0.885. The lowest BCUT2D eigenvalue weighted by atomic mass is 9.84. The summed E-state index contributed by atoms with van der Waals surface area (Å²) >= 11 is 12.1. The maximum Gasteiger partial charge on any atom is 0.129 e. The van der Waals surface area contributed by atoms with Crippen molar-refractivity contribution in [3.8, 4) is 0 Å². The highest BCUT2D eigenvalue weighted by Crippen LogP contribution is 2.40. The number of halogens is 3. The predicted molar refractivity (Wildman–Crippen MR) is 76.2 cm³/mol. The van der Waals surface area contributed by atoms with Crippen LogP contribution < -0.4 is 0 Å². The second-order valence-electron chi connectivity index (χ2n) is 4.30. The Balaban J connectivity index is 2.67. The number of rotatable bonds is 3. The monoisotopic (exact) mass is 298 g/mol. The van der Waals surface area contributed by atoms with Gasteiger partial charge in [-0.25, -0.2) is 4.39 Å². The summed E-state index contributed by atoms with van der Waals surface area (Å²) in [6, 6.07) is 11.1. The van der Waals surface area contributed by atoms with Gasteiger partial charge in [-0.3, -0.25) is 0 Å². The average molecular weight is 299 g/mol. The van der Waals surface area contributed by atoms with E-state index in [2.05, 4.69) is 0 Å². The van der Waals surface area contributed by atoms with Crippen LogP contribution in [0, 0.1) is 5.82 Å². The second-order valence-corrected chi connectivity index (χ2v) is 5.08. The van der Waals surface area contributed by atoms with E-state index < -0.39 is 11.4 Å². The highest BCUT2D eigenvalue weighted by Gasteiger charge is 2.34. The zero-order chi connectivity index (χ0) is 14.0. The number of benzene rings is 2. The second kappa shape index (κ2) is 5.49. The van der Waals surface area contributed by atoms with Crippen LogP contribution in [-0.4, -0.2) is 5.11 Å². The number of aliphatic hydroxyl groups is 1. The van der Waals surface area contributed by atoms with E-state index in [9.17, 15) is 9.50 Å². The summed E-state index contributed by atoms with van der Waals surface area (Å²) < 4.78 is 14.0. The zero-order valence-electron chi connectivity index (χ0n) is 10.3. The summed E-state index contributed by atoms with van der Waals surface area (Å²) in [5, 5.41) is 11.4. The lowest BCUT2D eigenvalue weighted by Gasteiger charge is -2.29. The molecular weight excluding hydrogens is 286 g/mol. The van der Waals surface area contributed by atoms with Gasteiger partial charge in [0.2, 0.25) is 0 Å². The summed E-state index contributed by atoms with van der Waals surface area (Å²) in [6.07, 6.45) is 0.286. The Morgan fingerprint density at radius 2 is 1.68 bits per heavy atom. The molecule has 1 N–H and O–H groups in total. The van der Waals surface area contributed by atoms with Crippen LogP contribution in [0.2, 0.25) is 10.0 Å². The highest BCUT2D eigenvalue weighted by molar-refractivity contribution is 6.42. The van der Waals surface area contributed by atoms with Crippen LogP contribution in [0.15, 0.2) is 42.5 Å². The first-order chi connectivity index (χ1) is 9.00. The third kappa shape index (κ3) is 2.48. The molecule has 0 radical (unpaired) electrons. The van der Waals surface area contributed by atoms with Crippen LogP contribution in [0.1, 0.15) is 24.5 Å². The topological polar surface area (TPSA) is 20.2 Å². The molecule has 2 aromatic rings. The van der Waals surface area contributed by atoms with Gasteiger partial charge in [-0.2, -0.15) is 0 Å². The van der Waals surface area contributed by atoms with Crippen LogP contribution in [0.25, 0.3) is 0 Å². The Hall–Kier alpha value is -1.09. The minimum atomic E-state index is -1.49. The first-order valence-corrected chi connectivity index (χ1v) is 6.68. The summed E-state index contributed by atoms with van der Waals surface area (Å²) in [7, 11) is 0. The largest absolute Gasteiger partial charge is 0.380 e. The van der Waals surface area contributed by atoms with Gasteiger partial charge in [0.25, 0.3) is 0 Å². The van der Waals surface area contributed by atoms with Gasteiger partial charge in [0.1, 0.15) is 11.4 Å². The van der Waals surface area contributed by atoms with Gasteiger partial charge in [-0.1, -0.05) is 60.5 Å². The standard InChI is InChI=1S/C15H13Cl2FO/c1-2-15(19,10-6-3-4-9-13(10)18)11-7-5-8-12(16)14(11)17/h3-9,19H,2H2,1H3. The third-order valence-electron chi connectivity index (χ3n) is 3.23. The Labute approximate surface area is 121 Å². The Morgan fingerprint density at radius 3 is 2.32 bits per heavy atom. The van der Waals surface area contributed by atoms with Gasteiger partial charge >= 0.3 is 0 Å². The van der Waals surface area contributed by atoms with Crippen molar-refractivity contribution in [2.45, 2.75) is 18.9 Å². The van der Waals surface area contributed by atoms with Crippen molar-refractivity contribution in [2.24, 2.45) is 0 Å². The minimum absolute atomic E-state index is 0.196. The highest BCUT2D eigenvalue weighted by atomic mass is 35.5. The molecule has 0 aliphatic rings. The fraction of sp³-hybridized carbons (Fsp3) is 0.200. The molecule has 2 rings (SSSR count). The maximum atomic E-state index is 14.0. The van der Waals surface area contributed by atoms with Gasteiger partial charge in [-0.15, -0.1) is 0 Å². The van der Waals surface area contributed by atoms with Gasteiger partial charge in [0, 0.05) is 11.1 Å². The molecule has 0 saturated carbocycles. The van der Waals surface area contributed by atoms with E-state index in [1.54, 1.807) is 43.3 Å². The molecule has 0 heterocycles. The fourth-order valence-corrected chi connectivity index (χ4v) is 2.60. The molecule has 0 saturated heterocycles. The van der Waals surface area contributed by atoms with Crippen LogP contribution >= 0.6 is 23.2 Å². The van der Waals surface area contributed by atoms with Crippen molar-refractivity contribution >= 4 is 23.2 Å². The molecule has 2 aromatic carbocycles. The first-order valence-electron chi connectivity index (χ1n) is 5.92. The van der Waals surface area contributed by atoms with Crippen LogP contribution in [0.4, 0.5) is 4.39 Å². The van der Waals surface area contributed by atoms with Crippen molar-refractivity contribution in [1.29, 1.82) is 0 Å². The molecule has 100 valence electrons. The molecule has 0 spiro atoms. The summed E-state index contributed by atoms with van der Waals surface area (Å²) in [4.78, 5) is 0. The molecule has 0 bridgehead atoms. The fourth-order valence-electron chi connectivity index (χ4n) is 2.15. The Kier molecular flexibility index (Phi) is 4.14. The summed E-state index contributed by atoms with van der Waals surface area (Å²) in [6.45, 7) is 1.77. The van der Waals surface area contributed by atoms with E-state index in [-0.39, 0.29) is 17.0 Å².